The van der Waals surface area contributed by atoms with E-state index in [-0.39, 0.29) is 16.5 Å². The Morgan fingerprint density at radius 3 is 2.26 bits per heavy atom. The molecular weight excluding hydrogens is 294 g/mol. The van der Waals surface area contributed by atoms with Crippen molar-refractivity contribution in [2.75, 3.05) is 0 Å². The summed E-state index contributed by atoms with van der Waals surface area (Å²) >= 11 is 0. The molecule has 0 atom stereocenters. The summed E-state index contributed by atoms with van der Waals surface area (Å²) in [4.78, 5) is 23.1. The molecule has 5 heteroatoms. The Hall–Kier alpha value is -3.34. The summed E-state index contributed by atoms with van der Waals surface area (Å²) in [6.45, 7) is 0. The number of benzene rings is 3. The van der Waals surface area contributed by atoms with E-state index in [0.29, 0.717) is 16.9 Å². The highest BCUT2D eigenvalue weighted by molar-refractivity contribution is 6.15. The molecule has 23 heavy (non-hydrogen) atoms. The number of carboxylic acid groups (broad SMARTS) is 1. The molecule has 3 N–H and O–H groups in total. The van der Waals surface area contributed by atoms with E-state index in [0.717, 1.165) is 0 Å². The number of ether oxygens (including phenoxy) is 1. The van der Waals surface area contributed by atoms with Crippen molar-refractivity contribution in [2.45, 2.75) is 0 Å². The third-order valence-electron chi connectivity index (χ3n) is 3.47. The van der Waals surface area contributed by atoms with Crippen molar-refractivity contribution in [1.29, 1.82) is 0 Å². The van der Waals surface area contributed by atoms with Crippen LogP contribution in [0.15, 0.2) is 60.7 Å². The van der Waals surface area contributed by atoms with Crippen LogP contribution in [0.25, 0.3) is 10.8 Å². The Kier molecular flexibility index (Phi) is 3.68. The molecule has 3 rings (SSSR count). The topological polar surface area (TPSA) is 89.6 Å². The number of primary amides is 1. The molecule has 0 radical (unpaired) electrons. The molecule has 114 valence electrons. The SMILES string of the molecule is NC(=O)c1ccc(Oc2ccccc2)c2cccc(C(=O)O)c12. The lowest BCUT2D eigenvalue weighted by Crippen LogP contribution is -2.13. The van der Waals surface area contributed by atoms with Gasteiger partial charge in [-0.05, 0) is 30.3 Å². The van der Waals surface area contributed by atoms with Gasteiger partial charge in [-0.25, -0.2) is 4.79 Å². The number of hydrogen-bond donors (Lipinski definition) is 2. The summed E-state index contributed by atoms with van der Waals surface area (Å²) in [6.07, 6.45) is 0. The lowest BCUT2D eigenvalue weighted by molar-refractivity contribution is 0.0699. The van der Waals surface area contributed by atoms with Gasteiger partial charge in [0.15, 0.2) is 0 Å². The summed E-state index contributed by atoms with van der Waals surface area (Å²) < 4.78 is 5.82. The van der Waals surface area contributed by atoms with Crippen LogP contribution in [-0.2, 0) is 0 Å². The number of rotatable bonds is 4. The first-order chi connectivity index (χ1) is 11.1. The molecule has 1 amide bonds. The fraction of sp³-hybridized carbons (Fsp3) is 0. The summed E-state index contributed by atoms with van der Waals surface area (Å²) in [7, 11) is 0. The minimum Gasteiger partial charge on any atom is -0.478 e. The van der Waals surface area contributed by atoms with Crippen molar-refractivity contribution in [2.24, 2.45) is 5.73 Å². The second-order valence-corrected chi connectivity index (χ2v) is 4.92. The second-order valence-electron chi connectivity index (χ2n) is 4.92. The minimum absolute atomic E-state index is 0.00908. The van der Waals surface area contributed by atoms with Gasteiger partial charge < -0.3 is 15.6 Å². The highest BCUT2D eigenvalue weighted by Crippen LogP contribution is 2.34. The van der Waals surface area contributed by atoms with Crippen molar-refractivity contribution in [3.8, 4) is 11.5 Å². The van der Waals surface area contributed by atoms with Gasteiger partial charge >= 0.3 is 5.97 Å². The summed E-state index contributed by atoms with van der Waals surface area (Å²) in [5.41, 5.74) is 5.54. The predicted molar refractivity (Wildman–Crippen MR) is 85.9 cm³/mol. The molecule has 0 aliphatic carbocycles. The zero-order valence-corrected chi connectivity index (χ0v) is 12.0. The van der Waals surface area contributed by atoms with Gasteiger partial charge in [-0.3, -0.25) is 4.79 Å². The highest BCUT2D eigenvalue weighted by Gasteiger charge is 2.18. The Labute approximate surface area is 131 Å². The third-order valence-corrected chi connectivity index (χ3v) is 3.47. The van der Waals surface area contributed by atoms with E-state index in [9.17, 15) is 14.7 Å². The Morgan fingerprint density at radius 2 is 1.61 bits per heavy atom. The number of carboxylic acids is 1. The van der Waals surface area contributed by atoms with E-state index < -0.39 is 11.9 Å². The minimum atomic E-state index is -1.13. The molecule has 0 saturated carbocycles. The molecule has 0 aromatic heterocycles. The lowest BCUT2D eigenvalue weighted by atomic mass is 9.98. The first-order valence-electron chi connectivity index (χ1n) is 6.89. The van der Waals surface area contributed by atoms with Gasteiger partial charge in [-0.2, -0.15) is 0 Å². The quantitative estimate of drug-likeness (QED) is 0.772. The van der Waals surface area contributed by atoms with Crippen molar-refractivity contribution in [1.82, 2.24) is 0 Å². The van der Waals surface area contributed by atoms with Crippen LogP contribution in [0.1, 0.15) is 20.7 Å². The molecule has 0 aliphatic rings. The molecule has 0 fully saturated rings. The number of hydrogen-bond acceptors (Lipinski definition) is 3. The maximum atomic E-state index is 11.6. The molecule has 0 aliphatic heterocycles. The molecular formula is C18H13NO4. The fourth-order valence-electron chi connectivity index (χ4n) is 2.47. The number of amides is 1. The van der Waals surface area contributed by atoms with Crippen molar-refractivity contribution in [3.63, 3.8) is 0 Å². The molecule has 3 aromatic rings. The molecule has 0 spiro atoms. The number of carbonyl (C=O) groups excluding carboxylic acids is 1. The number of nitrogens with two attached hydrogens (primary N) is 1. The Morgan fingerprint density at radius 1 is 0.870 bits per heavy atom. The summed E-state index contributed by atoms with van der Waals surface area (Å²) in [5.74, 6) is -0.745. The fourth-order valence-corrected chi connectivity index (χ4v) is 2.47. The normalized spacial score (nSPS) is 10.4. The Bertz CT molecular complexity index is 883. The number of aromatic carboxylic acids is 1. The maximum absolute atomic E-state index is 11.6. The Balaban J connectivity index is 2.25. The van der Waals surface area contributed by atoms with Crippen molar-refractivity contribution < 1.29 is 19.4 Å². The second kappa shape index (κ2) is 5.81. The van der Waals surface area contributed by atoms with Gasteiger partial charge in [0.1, 0.15) is 11.5 Å². The van der Waals surface area contributed by atoms with Crippen LogP contribution in [0, 0.1) is 0 Å². The van der Waals surface area contributed by atoms with Crippen molar-refractivity contribution >= 4 is 22.6 Å². The van der Waals surface area contributed by atoms with Gasteiger partial charge in [-0.1, -0.05) is 30.3 Å². The standard InChI is InChI=1S/C18H13NO4/c19-17(20)13-9-10-15(23-11-5-2-1-3-6-11)12-7-4-8-14(16(12)13)18(21)22/h1-10H,(H2,19,20)(H,21,22). The van der Waals surface area contributed by atoms with Crippen LogP contribution in [0.5, 0.6) is 11.5 Å². The van der Waals surface area contributed by atoms with Crippen LogP contribution in [-0.4, -0.2) is 17.0 Å². The maximum Gasteiger partial charge on any atom is 0.336 e. The number of fused-ring (bicyclic) bond motifs is 1. The van der Waals surface area contributed by atoms with Gasteiger partial charge in [0.2, 0.25) is 5.91 Å². The molecule has 0 bridgehead atoms. The highest BCUT2D eigenvalue weighted by atomic mass is 16.5. The van der Waals surface area contributed by atoms with Crippen LogP contribution >= 0.6 is 0 Å². The molecule has 0 unspecified atom stereocenters. The lowest BCUT2D eigenvalue weighted by Gasteiger charge is -2.12. The molecule has 0 saturated heterocycles. The predicted octanol–water partition coefficient (Wildman–Crippen LogP) is 3.43. The van der Waals surface area contributed by atoms with E-state index in [2.05, 4.69) is 0 Å². The van der Waals surface area contributed by atoms with E-state index in [1.54, 1.807) is 30.3 Å². The molecule has 3 aromatic carbocycles. The van der Waals surface area contributed by atoms with Crippen LogP contribution < -0.4 is 10.5 Å². The van der Waals surface area contributed by atoms with E-state index in [1.165, 1.54) is 12.1 Å². The van der Waals surface area contributed by atoms with Crippen molar-refractivity contribution in [3.05, 3.63) is 71.8 Å². The summed E-state index contributed by atoms with van der Waals surface area (Å²) in [6, 6.07) is 16.9. The van der Waals surface area contributed by atoms with E-state index in [1.807, 2.05) is 18.2 Å². The van der Waals surface area contributed by atoms with Gasteiger partial charge in [0.05, 0.1) is 5.56 Å². The van der Waals surface area contributed by atoms with Crippen LogP contribution in [0.3, 0.4) is 0 Å². The zero-order valence-electron chi connectivity index (χ0n) is 12.0. The first kappa shape index (κ1) is 14.6. The first-order valence-corrected chi connectivity index (χ1v) is 6.89. The molecule has 5 nitrogen and oxygen atoms in total. The van der Waals surface area contributed by atoms with Crippen LogP contribution in [0.2, 0.25) is 0 Å². The third kappa shape index (κ3) is 2.72. The summed E-state index contributed by atoms with van der Waals surface area (Å²) in [5, 5.41) is 10.2. The van der Waals surface area contributed by atoms with Gasteiger partial charge in [-0.15, -0.1) is 0 Å². The van der Waals surface area contributed by atoms with Gasteiger partial charge in [0, 0.05) is 16.3 Å². The molecule has 0 heterocycles. The zero-order chi connectivity index (χ0) is 16.4. The van der Waals surface area contributed by atoms with Gasteiger partial charge in [0.25, 0.3) is 0 Å². The average molecular weight is 307 g/mol. The monoisotopic (exact) mass is 307 g/mol. The van der Waals surface area contributed by atoms with Crippen LogP contribution in [0.4, 0.5) is 0 Å². The largest absolute Gasteiger partial charge is 0.478 e. The number of carbonyl (C=O) groups is 2. The smallest absolute Gasteiger partial charge is 0.336 e. The van der Waals surface area contributed by atoms with E-state index in [4.69, 9.17) is 10.5 Å². The average Bonchev–Trinajstić information content (AvgIpc) is 2.55. The number of para-hydroxylation sites is 1. The van der Waals surface area contributed by atoms with E-state index >= 15 is 0 Å².